The summed E-state index contributed by atoms with van der Waals surface area (Å²) in [5.74, 6) is 0. The van der Waals surface area contributed by atoms with Crippen molar-refractivity contribution in [2.24, 2.45) is 0 Å². The molecule has 4 heteroatoms. The van der Waals surface area contributed by atoms with E-state index in [0.717, 1.165) is 6.42 Å². The van der Waals surface area contributed by atoms with Gasteiger partial charge in [0.05, 0.1) is 0 Å². The first-order chi connectivity index (χ1) is 4.52. The van der Waals surface area contributed by atoms with Gasteiger partial charge < -0.3 is 0 Å². The SMILES string of the molecule is C=CC(CCC)S(=O)(=O)O. The van der Waals surface area contributed by atoms with Crippen LogP contribution in [0, 0.1) is 0 Å². The Labute approximate surface area is 61.5 Å². The molecule has 1 unspecified atom stereocenters. The average Bonchev–Trinajstić information content (AvgIpc) is 1.80. The normalized spacial score (nSPS) is 14.6. The van der Waals surface area contributed by atoms with Crippen LogP contribution in [0.15, 0.2) is 12.7 Å². The highest BCUT2D eigenvalue weighted by Crippen LogP contribution is 2.06. The Hall–Kier alpha value is -0.350. The Balaban J connectivity index is 4.22. The van der Waals surface area contributed by atoms with Gasteiger partial charge in [-0.05, 0) is 6.42 Å². The van der Waals surface area contributed by atoms with E-state index in [1.54, 1.807) is 0 Å². The van der Waals surface area contributed by atoms with Crippen molar-refractivity contribution < 1.29 is 13.0 Å². The summed E-state index contributed by atoms with van der Waals surface area (Å²) in [4.78, 5) is 0. The molecule has 3 nitrogen and oxygen atoms in total. The molecular weight excluding hydrogens is 152 g/mol. The zero-order valence-electron chi connectivity index (χ0n) is 5.95. The maximum absolute atomic E-state index is 10.4. The third-order valence-corrected chi connectivity index (χ3v) is 2.41. The Kier molecular flexibility index (Phi) is 3.60. The lowest BCUT2D eigenvalue weighted by Crippen LogP contribution is -2.16. The third kappa shape index (κ3) is 2.98. The summed E-state index contributed by atoms with van der Waals surface area (Å²) in [5.41, 5.74) is 0. The molecule has 0 radical (unpaired) electrons. The Bertz CT molecular complexity index is 193. The minimum absolute atomic E-state index is 0.433. The van der Waals surface area contributed by atoms with E-state index in [-0.39, 0.29) is 0 Å². The molecule has 0 bridgehead atoms. The van der Waals surface area contributed by atoms with Crippen LogP contribution >= 0.6 is 0 Å². The molecule has 1 N–H and O–H groups in total. The van der Waals surface area contributed by atoms with Gasteiger partial charge in [0.25, 0.3) is 10.1 Å². The molecular formula is C6H12O3S. The van der Waals surface area contributed by atoms with E-state index in [2.05, 4.69) is 6.58 Å². The topological polar surface area (TPSA) is 54.4 Å². The lowest BCUT2D eigenvalue weighted by atomic mass is 10.2. The minimum Gasteiger partial charge on any atom is -0.285 e. The first kappa shape index (κ1) is 9.65. The first-order valence-electron chi connectivity index (χ1n) is 3.11. The van der Waals surface area contributed by atoms with Crippen LogP contribution in [0.2, 0.25) is 0 Å². The Morgan fingerprint density at radius 1 is 1.70 bits per heavy atom. The molecule has 0 rings (SSSR count). The predicted molar refractivity (Wildman–Crippen MR) is 40.4 cm³/mol. The maximum Gasteiger partial charge on any atom is 0.271 e. The summed E-state index contributed by atoms with van der Waals surface area (Å²) in [5, 5.41) is -0.794. The fourth-order valence-corrected chi connectivity index (χ4v) is 1.45. The van der Waals surface area contributed by atoms with Crippen molar-refractivity contribution in [1.29, 1.82) is 0 Å². The number of hydrogen-bond acceptors (Lipinski definition) is 2. The van der Waals surface area contributed by atoms with Crippen molar-refractivity contribution >= 4 is 10.1 Å². The molecule has 0 aliphatic carbocycles. The second-order valence-corrected chi connectivity index (χ2v) is 3.71. The van der Waals surface area contributed by atoms with Crippen molar-refractivity contribution in [3.8, 4) is 0 Å². The van der Waals surface area contributed by atoms with Gasteiger partial charge in [-0.25, -0.2) is 0 Å². The van der Waals surface area contributed by atoms with Crippen LogP contribution < -0.4 is 0 Å². The molecule has 0 heterocycles. The van der Waals surface area contributed by atoms with Crippen molar-refractivity contribution in [1.82, 2.24) is 0 Å². The highest BCUT2D eigenvalue weighted by atomic mass is 32.2. The third-order valence-electron chi connectivity index (χ3n) is 1.22. The van der Waals surface area contributed by atoms with Crippen LogP contribution in [-0.4, -0.2) is 18.2 Å². The lowest BCUT2D eigenvalue weighted by molar-refractivity contribution is 0.471. The molecule has 0 saturated carbocycles. The lowest BCUT2D eigenvalue weighted by Gasteiger charge is -2.05. The second kappa shape index (κ2) is 3.73. The average molecular weight is 164 g/mol. The van der Waals surface area contributed by atoms with Gasteiger partial charge in [-0.3, -0.25) is 4.55 Å². The molecule has 0 fully saturated rings. The zero-order valence-corrected chi connectivity index (χ0v) is 6.76. The van der Waals surface area contributed by atoms with Crippen molar-refractivity contribution in [2.45, 2.75) is 25.0 Å². The largest absolute Gasteiger partial charge is 0.285 e. The Morgan fingerprint density at radius 3 is 2.30 bits per heavy atom. The molecule has 0 aromatic rings. The van der Waals surface area contributed by atoms with E-state index in [0.29, 0.717) is 6.42 Å². The van der Waals surface area contributed by atoms with Crippen molar-refractivity contribution in [2.75, 3.05) is 0 Å². The highest BCUT2D eigenvalue weighted by Gasteiger charge is 2.17. The van der Waals surface area contributed by atoms with Gasteiger partial charge in [0.15, 0.2) is 0 Å². The van der Waals surface area contributed by atoms with E-state index in [4.69, 9.17) is 4.55 Å². The molecule has 0 aliphatic rings. The molecule has 1 atom stereocenters. The van der Waals surface area contributed by atoms with Gasteiger partial charge in [-0.15, -0.1) is 6.58 Å². The molecule has 0 aliphatic heterocycles. The number of hydrogen-bond donors (Lipinski definition) is 1. The van der Waals surface area contributed by atoms with Crippen LogP contribution in [0.4, 0.5) is 0 Å². The smallest absolute Gasteiger partial charge is 0.271 e. The van der Waals surface area contributed by atoms with Gasteiger partial charge >= 0.3 is 0 Å². The summed E-state index contributed by atoms with van der Waals surface area (Å²) in [7, 11) is -3.90. The van der Waals surface area contributed by atoms with Crippen LogP contribution in [0.5, 0.6) is 0 Å². The predicted octanol–water partition coefficient (Wildman–Crippen LogP) is 1.23. The van der Waals surface area contributed by atoms with E-state index in [9.17, 15) is 8.42 Å². The van der Waals surface area contributed by atoms with E-state index in [1.807, 2.05) is 6.92 Å². The number of rotatable bonds is 4. The first-order valence-corrected chi connectivity index (χ1v) is 4.61. The van der Waals surface area contributed by atoms with Crippen LogP contribution in [0.1, 0.15) is 19.8 Å². The van der Waals surface area contributed by atoms with E-state index >= 15 is 0 Å². The van der Waals surface area contributed by atoms with Crippen LogP contribution in [0.3, 0.4) is 0 Å². The maximum atomic E-state index is 10.4. The molecule has 0 aromatic heterocycles. The quantitative estimate of drug-likeness (QED) is 0.502. The van der Waals surface area contributed by atoms with Crippen LogP contribution in [-0.2, 0) is 10.1 Å². The monoisotopic (exact) mass is 164 g/mol. The minimum atomic E-state index is -3.90. The van der Waals surface area contributed by atoms with Gasteiger partial charge in [0.2, 0.25) is 0 Å². The summed E-state index contributed by atoms with van der Waals surface area (Å²) in [6.07, 6.45) is 2.40. The molecule has 10 heavy (non-hydrogen) atoms. The van der Waals surface area contributed by atoms with E-state index < -0.39 is 15.4 Å². The van der Waals surface area contributed by atoms with Gasteiger partial charge in [-0.2, -0.15) is 8.42 Å². The van der Waals surface area contributed by atoms with E-state index in [1.165, 1.54) is 6.08 Å². The molecule has 0 saturated heterocycles. The summed E-state index contributed by atoms with van der Waals surface area (Å²) in [6.45, 7) is 5.16. The fraction of sp³-hybridized carbons (Fsp3) is 0.667. The molecule has 0 amide bonds. The molecule has 60 valence electrons. The van der Waals surface area contributed by atoms with Crippen molar-refractivity contribution in [3.63, 3.8) is 0 Å². The Morgan fingerprint density at radius 2 is 2.20 bits per heavy atom. The van der Waals surface area contributed by atoms with Crippen molar-refractivity contribution in [3.05, 3.63) is 12.7 Å². The zero-order chi connectivity index (χ0) is 8.20. The molecule has 0 aromatic carbocycles. The summed E-state index contributed by atoms with van der Waals surface area (Å²) >= 11 is 0. The van der Waals surface area contributed by atoms with Crippen LogP contribution in [0.25, 0.3) is 0 Å². The highest BCUT2D eigenvalue weighted by molar-refractivity contribution is 7.86. The van der Waals surface area contributed by atoms with Gasteiger partial charge in [0.1, 0.15) is 5.25 Å². The fourth-order valence-electron chi connectivity index (χ4n) is 0.673. The second-order valence-electron chi connectivity index (χ2n) is 2.08. The summed E-state index contributed by atoms with van der Waals surface area (Å²) < 4.78 is 29.4. The standard InChI is InChI=1S/C6H12O3S/c1-3-5-6(4-2)10(7,8)9/h4,6H,2-3,5H2,1H3,(H,7,8,9). The van der Waals surface area contributed by atoms with Gasteiger partial charge in [-0.1, -0.05) is 19.4 Å². The molecule has 0 spiro atoms. The van der Waals surface area contributed by atoms with Gasteiger partial charge in [0, 0.05) is 0 Å². The summed E-state index contributed by atoms with van der Waals surface area (Å²) in [6, 6.07) is 0.